The fraction of sp³-hybridized carbons (Fsp3) is 0.467. The van der Waals surface area contributed by atoms with Crippen LogP contribution in [0, 0.1) is 12.8 Å². The van der Waals surface area contributed by atoms with Gasteiger partial charge in [-0.2, -0.15) is 0 Å². The summed E-state index contributed by atoms with van der Waals surface area (Å²) in [4.78, 5) is 25.2. The molecule has 1 fully saturated rings. The molecule has 0 bridgehead atoms. The summed E-state index contributed by atoms with van der Waals surface area (Å²) in [5.41, 5.74) is 1.94. The Hall–Kier alpha value is -1.84. The van der Waals surface area contributed by atoms with E-state index in [-0.39, 0.29) is 17.7 Å². The van der Waals surface area contributed by atoms with E-state index in [4.69, 9.17) is 0 Å². The zero-order valence-electron chi connectivity index (χ0n) is 11.5. The number of hydrogen-bond donors (Lipinski definition) is 1. The van der Waals surface area contributed by atoms with Gasteiger partial charge in [0.25, 0.3) is 0 Å². The second-order valence-corrected chi connectivity index (χ2v) is 5.08. The second kappa shape index (κ2) is 5.87. The van der Waals surface area contributed by atoms with Crippen molar-refractivity contribution >= 4 is 17.5 Å². The Bertz CT molecular complexity index is 477. The molecule has 2 amide bonds. The fourth-order valence-electron chi connectivity index (χ4n) is 2.40. The summed E-state index contributed by atoms with van der Waals surface area (Å²) in [6, 6.07) is 7.77. The minimum absolute atomic E-state index is 0.00945. The predicted octanol–water partition coefficient (Wildman–Crippen LogP) is 2.19. The number of nitrogens with zero attached hydrogens (tertiary/aromatic N) is 1. The van der Waals surface area contributed by atoms with Gasteiger partial charge >= 0.3 is 0 Å². The molecule has 0 unspecified atom stereocenters. The Balaban J connectivity index is 1.92. The van der Waals surface area contributed by atoms with Crippen LogP contribution >= 0.6 is 0 Å². The highest BCUT2D eigenvalue weighted by Gasteiger charge is 2.26. The SMILES string of the molecule is CC(=O)N1CCC(C(=O)Nc2ccccc2C)CC1. The molecule has 1 aliphatic heterocycles. The third-order valence-corrected chi connectivity index (χ3v) is 3.71. The fourth-order valence-corrected chi connectivity index (χ4v) is 2.40. The normalized spacial score (nSPS) is 16.2. The van der Waals surface area contributed by atoms with Gasteiger partial charge in [0.15, 0.2) is 0 Å². The van der Waals surface area contributed by atoms with Gasteiger partial charge in [-0.15, -0.1) is 0 Å². The first-order chi connectivity index (χ1) is 9.08. The zero-order valence-corrected chi connectivity index (χ0v) is 11.5. The Morgan fingerprint density at radius 2 is 1.84 bits per heavy atom. The van der Waals surface area contributed by atoms with Gasteiger partial charge in [-0.3, -0.25) is 9.59 Å². The highest BCUT2D eigenvalue weighted by atomic mass is 16.2. The quantitative estimate of drug-likeness (QED) is 0.886. The molecule has 102 valence electrons. The monoisotopic (exact) mass is 260 g/mol. The zero-order chi connectivity index (χ0) is 13.8. The van der Waals surface area contributed by atoms with E-state index in [0.29, 0.717) is 13.1 Å². The summed E-state index contributed by atoms with van der Waals surface area (Å²) in [5, 5.41) is 2.98. The number of carbonyl (C=O) groups is 2. The predicted molar refractivity (Wildman–Crippen MR) is 74.8 cm³/mol. The minimum atomic E-state index is 0.00945. The first kappa shape index (κ1) is 13.6. The van der Waals surface area contributed by atoms with Crippen molar-refractivity contribution in [3.8, 4) is 0 Å². The van der Waals surface area contributed by atoms with E-state index < -0.39 is 0 Å². The Labute approximate surface area is 113 Å². The third kappa shape index (κ3) is 3.34. The van der Waals surface area contributed by atoms with E-state index in [2.05, 4.69) is 5.32 Å². The van der Waals surface area contributed by atoms with E-state index in [1.807, 2.05) is 31.2 Å². The number of amides is 2. The summed E-state index contributed by atoms with van der Waals surface area (Å²) >= 11 is 0. The summed E-state index contributed by atoms with van der Waals surface area (Å²) < 4.78 is 0. The number of piperidine rings is 1. The minimum Gasteiger partial charge on any atom is -0.343 e. The first-order valence-electron chi connectivity index (χ1n) is 6.70. The van der Waals surface area contributed by atoms with E-state index >= 15 is 0 Å². The Morgan fingerprint density at radius 3 is 2.42 bits per heavy atom. The van der Waals surface area contributed by atoms with Crippen LogP contribution in [0.25, 0.3) is 0 Å². The van der Waals surface area contributed by atoms with Crippen LogP contribution in [0.15, 0.2) is 24.3 Å². The van der Waals surface area contributed by atoms with Crippen molar-refractivity contribution < 1.29 is 9.59 Å². The molecular formula is C15H20N2O2. The number of para-hydroxylation sites is 1. The van der Waals surface area contributed by atoms with Gasteiger partial charge in [0.1, 0.15) is 0 Å². The number of aryl methyl sites for hydroxylation is 1. The lowest BCUT2D eigenvalue weighted by atomic mass is 9.95. The van der Waals surface area contributed by atoms with Gasteiger partial charge < -0.3 is 10.2 Å². The molecule has 1 saturated heterocycles. The van der Waals surface area contributed by atoms with Crippen molar-refractivity contribution in [3.63, 3.8) is 0 Å². The number of carbonyl (C=O) groups excluding carboxylic acids is 2. The first-order valence-corrected chi connectivity index (χ1v) is 6.70. The number of nitrogens with one attached hydrogen (secondary N) is 1. The highest BCUT2D eigenvalue weighted by Crippen LogP contribution is 2.21. The summed E-state index contributed by atoms with van der Waals surface area (Å²) in [6.07, 6.45) is 1.49. The Morgan fingerprint density at radius 1 is 1.21 bits per heavy atom. The van der Waals surface area contributed by atoms with Crippen LogP contribution in [-0.4, -0.2) is 29.8 Å². The molecule has 4 heteroatoms. The van der Waals surface area contributed by atoms with E-state index in [1.165, 1.54) is 0 Å². The summed E-state index contributed by atoms with van der Waals surface area (Å²) in [6.45, 7) is 4.92. The van der Waals surface area contributed by atoms with E-state index in [9.17, 15) is 9.59 Å². The van der Waals surface area contributed by atoms with Crippen LogP contribution in [0.4, 0.5) is 5.69 Å². The van der Waals surface area contributed by atoms with Crippen LogP contribution in [0.1, 0.15) is 25.3 Å². The van der Waals surface area contributed by atoms with Crippen LogP contribution in [0.5, 0.6) is 0 Å². The number of benzene rings is 1. The van der Waals surface area contributed by atoms with Gasteiger partial charge in [0.05, 0.1) is 0 Å². The maximum Gasteiger partial charge on any atom is 0.227 e. The van der Waals surface area contributed by atoms with Crippen molar-refractivity contribution in [3.05, 3.63) is 29.8 Å². The van der Waals surface area contributed by atoms with E-state index in [1.54, 1.807) is 11.8 Å². The molecule has 0 atom stereocenters. The van der Waals surface area contributed by atoms with Gasteiger partial charge in [0, 0.05) is 31.6 Å². The van der Waals surface area contributed by atoms with Crippen molar-refractivity contribution in [1.82, 2.24) is 4.90 Å². The smallest absolute Gasteiger partial charge is 0.227 e. The average molecular weight is 260 g/mol. The van der Waals surface area contributed by atoms with Crippen LogP contribution in [-0.2, 0) is 9.59 Å². The number of likely N-dealkylation sites (tertiary alicyclic amines) is 1. The molecule has 0 saturated carbocycles. The second-order valence-electron chi connectivity index (χ2n) is 5.08. The van der Waals surface area contributed by atoms with Crippen molar-refractivity contribution in [2.24, 2.45) is 5.92 Å². The van der Waals surface area contributed by atoms with Crippen LogP contribution in [0.3, 0.4) is 0 Å². The summed E-state index contributed by atoms with van der Waals surface area (Å²) in [7, 11) is 0. The topological polar surface area (TPSA) is 49.4 Å². The molecule has 4 nitrogen and oxygen atoms in total. The molecule has 0 aromatic heterocycles. The maximum absolute atomic E-state index is 12.2. The molecule has 1 heterocycles. The lowest BCUT2D eigenvalue weighted by Gasteiger charge is -2.30. The molecule has 1 aromatic carbocycles. The van der Waals surface area contributed by atoms with Gasteiger partial charge in [-0.05, 0) is 31.4 Å². The third-order valence-electron chi connectivity index (χ3n) is 3.71. The molecule has 1 aromatic rings. The standard InChI is InChI=1S/C15H20N2O2/c1-11-5-3-4-6-14(11)16-15(19)13-7-9-17(10-8-13)12(2)18/h3-6,13H,7-10H2,1-2H3,(H,16,19). The Kier molecular flexibility index (Phi) is 4.20. The van der Waals surface area contributed by atoms with Gasteiger partial charge in [-0.1, -0.05) is 18.2 Å². The molecule has 0 aliphatic carbocycles. The van der Waals surface area contributed by atoms with Gasteiger partial charge in [0.2, 0.25) is 11.8 Å². The average Bonchev–Trinajstić information content (AvgIpc) is 2.41. The van der Waals surface area contributed by atoms with Crippen molar-refractivity contribution in [1.29, 1.82) is 0 Å². The van der Waals surface area contributed by atoms with Crippen molar-refractivity contribution in [2.45, 2.75) is 26.7 Å². The van der Waals surface area contributed by atoms with Gasteiger partial charge in [-0.25, -0.2) is 0 Å². The van der Waals surface area contributed by atoms with Crippen molar-refractivity contribution in [2.75, 3.05) is 18.4 Å². The highest BCUT2D eigenvalue weighted by molar-refractivity contribution is 5.93. The van der Waals surface area contributed by atoms with E-state index in [0.717, 1.165) is 24.1 Å². The molecule has 1 N–H and O–H groups in total. The lowest BCUT2D eigenvalue weighted by Crippen LogP contribution is -2.40. The number of rotatable bonds is 2. The molecule has 0 radical (unpaired) electrons. The maximum atomic E-state index is 12.2. The summed E-state index contributed by atoms with van der Waals surface area (Å²) in [5.74, 6) is 0.172. The lowest BCUT2D eigenvalue weighted by molar-refractivity contribution is -0.132. The molecule has 1 aliphatic rings. The number of anilines is 1. The molecular weight excluding hydrogens is 240 g/mol. The molecule has 19 heavy (non-hydrogen) atoms. The van der Waals surface area contributed by atoms with Crippen LogP contribution < -0.4 is 5.32 Å². The molecule has 0 spiro atoms. The largest absolute Gasteiger partial charge is 0.343 e. The molecule has 2 rings (SSSR count). The number of hydrogen-bond acceptors (Lipinski definition) is 2. The van der Waals surface area contributed by atoms with Crippen LogP contribution in [0.2, 0.25) is 0 Å².